The summed E-state index contributed by atoms with van der Waals surface area (Å²) in [5, 5.41) is 11.8. The molecule has 0 aromatic carbocycles. The predicted octanol–water partition coefficient (Wildman–Crippen LogP) is 1.39. The fourth-order valence-corrected chi connectivity index (χ4v) is 2.68. The average molecular weight is 234 g/mol. The third-order valence-electron chi connectivity index (χ3n) is 2.01. The van der Waals surface area contributed by atoms with Gasteiger partial charge in [-0.1, -0.05) is 6.07 Å². The summed E-state index contributed by atoms with van der Waals surface area (Å²) in [5.74, 6) is 0.0118. The van der Waals surface area contributed by atoms with Gasteiger partial charge in [-0.15, -0.1) is 11.3 Å². The molecule has 1 aromatic rings. The first-order valence-electron chi connectivity index (χ1n) is 4.25. The molecule has 1 unspecified atom stereocenters. The van der Waals surface area contributed by atoms with Crippen LogP contribution >= 0.6 is 11.3 Å². The van der Waals surface area contributed by atoms with Crippen molar-refractivity contribution in [1.29, 1.82) is 0 Å². The number of thiophene rings is 1. The monoisotopic (exact) mass is 234 g/mol. The minimum atomic E-state index is -3.00. The highest BCUT2D eigenvalue weighted by Gasteiger charge is 2.25. The van der Waals surface area contributed by atoms with Crippen LogP contribution in [0.15, 0.2) is 17.5 Å². The molecule has 0 aliphatic heterocycles. The molecule has 0 fully saturated rings. The van der Waals surface area contributed by atoms with Crippen molar-refractivity contribution in [3.8, 4) is 0 Å². The summed E-state index contributed by atoms with van der Waals surface area (Å²) in [6, 6.07) is 3.65. The van der Waals surface area contributed by atoms with E-state index in [-0.39, 0.29) is 12.2 Å². The van der Waals surface area contributed by atoms with Crippen molar-refractivity contribution >= 4 is 21.2 Å². The lowest BCUT2D eigenvalue weighted by atomic mass is 10.0. The summed E-state index contributed by atoms with van der Waals surface area (Å²) < 4.78 is 21.9. The van der Waals surface area contributed by atoms with Gasteiger partial charge in [0.05, 0.1) is 11.4 Å². The van der Waals surface area contributed by atoms with Crippen LogP contribution in [0.1, 0.15) is 18.2 Å². The van der Waals surface area contributed by atoms with Gasteiger partial charge in [0.15, 0.2) is 0 Å². The molecule has 0 saturated carbocycles. The molecule has 0 bridgehead atoms. The van der Waals surface area contributed by atoms with Gasteiger partial charge in [-0.25, -0.2) is 8.42 Å². The van der Waals surface area contributed by atoms with E-state index < -0.39 is 15.4 Å². The van der Waals surface area contributed by atoms with Crippen LogP contribution in [0.25, 0.3) is 0 Å². The lowest BCUT2D eigenvalue weighted by molar-refractivity contribution is 0.0577. The Bertz CT molecular complexity index is 376. The van der Waals surface area contributed by atoms with Crippen LogP contribution in [0.2, 0.25) is 0 Å². The van der Waals surface area contributed by atoms with Gasteiger partial charge in [0, 0.05) is 11.1 Å². The highest BCUT2D eigenvalue weighted by atomic mass is 32.2. The lowest BCUT2D eigenvalue weighted by Crippen LogP contribution is -2.23. The van der Waals surface area contributed by atoms with Gasteiger partial charge in [0.25, 0.3) is 0 Å². The van der Waals surface area contributed by atoms with Crippen molar-refractivity contribution in [2.75, 3.05) is 12.0 Å². The van der Waals surface area contributed by atoms with Crippen molar-refractivity contribution in [3.63, 3.8) is 0 Å². The Morgan fingerprint density at radius 3 is 2.64 bits per heavy atom. The molecule has 1 atom stereocenters. The summed E-state index contributed by atoms with van der Waals surface area (Å²) in [6.45, 7) is 1.64. The zero-order valence-corrected chi connectivity index (χ0v) is 9.86. The molecule has 0 amide bonds. The highest BCUT2D eigenvalue weighted by Crippen LogP contribution is 2.28. The van der Waals surface area contributed by atoms with E-state index in [0.29, 0.717) is 0 Å². The molecule has 1 heterocycles. The quantitative estimate of drug-likeness (QED) is 0.856. The van der Waals surface area contributed by atoms with E-state index in [1.165, 1.54) is 17.6 Å². The Morgan fingerprint density at radius 1 is 1.57 bits per heavy atom. The first-order valence-corrected chi connectivity index (χ1v) is 7.19. The van der Waals surface area contributed by atoms with Gasteiger partial charge in [-0.2, -0.15) is 0 Å². The van der Waals surface area contributed by atoms with Gasteiger partial charge in [-0.05, 0) is 24.8 Å². The second-order valence-electron chi connectivity index (χ2n) is 3.63. The smallest absolute Gasteiger partial charge is 0.147 e. The topological polar surface area (TPSA) is 54.4 Å². The molecule has 14 heavy (non-hydrogen) atoms. The second-order valence-corrected chi connectivity index (χ2v) is 6.84. The maximum atomic E-state index is 10.9. The maximum absolute atomic E-state index is 10.9. The molecule has 0 spiro atoms. The van der Waals surface area contributed by atoms with Crippen molar-refractivity contribution in [2.45, 2.75) is 18.9 Å². The molecule has 5 heteroatoms. The Kier molecular flexibility index (Phi) is 3.34. The lowest BCUT2D eigenvalue weighted by Gasteiger charge is -2.21. The van der Waals surface area contributed by atoms with Crippen LogP contribution in [0.5, 0.6) is 0 Å². The number of hydrogen-bond acceptors (Lipinski definition) is 4. The summed E-state index contributed by atoms with van der Waals surface area (Å²) in [4.78, 5) is 0.807. The van der Waals surface area contributed by atoms with Crippen LogP contribution in [0.3, 0.4) is 0 Å². The van der Waals surface area contributed by atoms with Gasteiger partial charge in [0.2, 0.25) is 0 Å². The minimum Gasteiger partial charge on any atom is -0.385 e. The van der Waals surface area contributed by atoms with Gasteiger partial charge in [0.1, 0.15) is 9.84 Å². The third kappa shape index (κ3) is 3.40. The van der Waals surface area contributed by atoms with Gasteiger partial charge in [-0.3, -0.25) is 0 Å². The number of sulfone groups is 1. The molecular weight excluding hydrogens is 220 g/mol. The fourth-order valence-electron chi connectivity index (χ4n) is 1.09. The molecular formula is C9H14O3S2. The van der Waals surface area contributed by atoms with Crippen molar-refractivity contribution in [2.24, 2.45) is 0 Å². The Morgan fingerprint density at radius 2 is 2.21 bits per heavy atom. The molecule has 0 aliphatic carbocycles. The van der Waals surface area contributed by atoms with Crippen LogP contribution in [-0.4, -0.2) is 25.5 Å². The first-order chi connectivity index (χ1) is 6.31. The number of aliphatic hydroxyl groups is 1. The molecule has 3 nitrogen and oxygen atoms in total. The third-order valence-corrected chi connectivity index (χ3v) is 4.08. The largest absolute Gasteiger partial charge is 0.385 e. The zero-order valence-electron chi connectivity index (χ0n) is 8.23. The molecule has 1 N–H and O–H groups in total. The van der Waals surface area contributed by atoms with E-state index in [1.54, 1.807) is 6.92 Å². The predicted molar refractivity (Wildman–Crippen MR) is 58.2 cm³/mol. The molecule has 80 valence electrons. The van der Waals surface area contributed by atoms with Crippen LogP contribution in [0.4, 0.5) is 0 Å². The highest BCUT2D eigenvalue weighted by molar-refractivity contribution is 7.90. The normalized spacial score (nSPS) is 16.5. The summed E-state index contributed by atoms with van der Waals surface area (Å²) in [6.07, 6.45) is 1.42. The second kappa shape index (κ2) is 4.00. The average Bonchev–Trinajstić information content (AvgIpc) is 2.52. The molecule has 1 aromatic heterocycles. The Labute approximate surface area is 88.3 Å². The molecule has 0 radical (unpaired) electrons. The van der Waals surface area contributed by atoms with E-state index in [2.05, 4.69) is 0 Å². The van der Waals surface area contributed by atoms with Crippen molar-refractivity contribution < 1.29 is 13.5 Å². The van der Waals surface area contributed by atoms with E-state index in [0.717, 1.165) is 4.88 Å². The molecule has 0 aliphatic rings. The number of hydrogen-bond donors (Lipinski definition) is 1. The Hall–Kier alpha value is -0.390. The van der Waals surface area contributed by atoms with Gasteiger partial charge < -0.3 is 5.11 Å². The SMILES string of the molecule is CC(O)(CCS(C)(=O)=O)c1cccs1. The first kappa shape index (κ1) is 11.7. The molecule has 0 saturated heterocycles. The Balaban J connectivity index is 2.69. The van der Waals surface area contributed by atoms with Gasteiger partial charge >= 0.3 is 0 Å². The van der Waals surface area contributed by atoms with Crippen LogP contribution in [-0.2, 0) is 15.4 Å². The van der Waals surface area contributed by atoms with E-state index >= 15 is 0 Å². The summed E-state index contributed by atoms with van der Waals surface area (Å²) in [7, 11) is -3.00. The van der Waals surface area contributed by atoms with E-state index in [1.807, 2.05) is 17.5 Å². The van der Waals surface area contributed by atoms with E-state index in [9.17, 15) is 13.5 Å². The summed E-state index contributed by atoms with van der Waals surface area (Å²) in [5.41, 5.74) is -1.03. The molecule has 1 rings (SSSR count). The van der Waals surface area contributed by atoms with Crippen LogP contribution in [0, 0.1) is 0 Å². The van der Waals surface area contributed by atoms with E-state index in [4.69, 9.17) is 0 Å². The van der Waals surface area contributed by atoms with Crippen LogP contribution < -0.4 is 0 Å². The van der Waals surface area contributed by atoms with Crippen molar-refractivity contribution in [1.82, 2.24) is 0 Å². The summed E-state index contributed by atoms with van der Waals surface area (Å²) >= 11 is 1.44. The number of rotatable bonds is 4. The fraction of sp³-hybridized carbons (Fsp3) is 0.556. The maximum Gasteiger partial charge on any atom is 0.147 e. The van der Waals surface area contributed by atoms with Crippen molar-refractivity contribution in [3.05, 3.63) is 22.4 Å². The minimum absolute atomic E-state index is 0.0118. The zero-order chi connectivity index (χ0) is 10.8. The standard InChI is InChI=1S/C9H14O3S2/c1-9(10,5-7-14(2,11)12)8-4-3-6-13-8/h3-4,6,10H,5,7H2,1-2H3.